The Morgan fingerprint density at radius 3 is 3.00 bits per heavy atom. The number of halogens is 2. The zero-order chi connectivity index (χ0) is 15.9. The lowest BCUT2D eigenvalue weighted by atomic mass is 9.83. The summed E-state index contributed by atoms with van der Waals surface area (Å²) in [5.41, 5.74) is 6.08. The molecule has 23 heavy (non-hydrogen) atoms. The first-order valence-corrected chi connectivity index (χ1v) is 8.30. The monoisotopic (exact) mass is 364 g/mol. The molecule has 0 aromatic carbocycles. The topological polar surface area (TPSA) is 82.2 Å². The van der Waals surface area contributed by atoms with Gasteiger partial charge in [-0.05, 0) is 25.7 Å². The molecular weight excluding hydrogens is 339 g/mol. The Hall–Kier alpha value is -0.820. The van der Waals surface area contributed by atoms with Gasteiger partial charge < -0.3 is 15.8 Å². The lowest BCUT2D eigenvalue weighted by Crippen LogP contribution is -2.46. The third kappa shape index (κ3) is 6.30. The second-order valence-corrected chi connectivity index (χ2v) is 6.23. The molecule has 2 rings (SSSR count). The van der Waals surface area contributed by atoms with Gasteiger partial charge >= 0.3 is 0 Å². The van der Waals surface area contributed by atoms with Gasteiger partial charge in [-0.2, -0.15) is 5.10 Å². The molecule has 3 atom stereocenters. The fourth-order valence-electron chi connectivity index (χ4n) is 2.75. The molecule has 1 aliphatic carbocycles. The number of carbonyl (C=O) groups is 1. The molecule has 1 fully saturated rings. The summed E-state index contributed by atoms with van der Waals surface area (Å²) in [7, 11) is 0. The van der Waals surface area contributed by atoms with Crippen molar-refractivity contribution in [1.82, 2.24) is 15.1 Å². The van der Waals surface area contributed by atoms with Crippen molar-refractivity contribution in [2.45, 2.75) is 51.3 Å². The summed E-state index contributed by atoms with van der Waals surface area (Å²) >= 11 is 5.80. The quantitative estimate of drug-likeness (QED) is 0.774. The number of nitrogens with two attached hydrogens (primary N) is 1. The maximum absolute atomic E-state index is 12.3. The van der Waals surface area contributed by atoms with Crippen molar-refractivity contribution in [3.05, 3.63) is 17.4 Å². The molecule has 6 nitrogen and oxygen atoms in total. The molecule has 0 radical (unpaired) electrons. The molecular formula is C15H26Cl2N4O2. The van der Waals surface area contributed by atoms with Crippen molar-refractivity contribution in [3.63, 3.8) is 0 Å². The number of nitrogens with one attached hydrogen (secondary N) is 1. The maximum atomic E-state index is 12.3. The number of amides is 1. The van der Waals surface area contributed by atoms with E-state index in [-0.39, 0.29) is 36.4 Å². The highest BCUT2D eigenvalue weighted by Gasteiger charge is 2.32. The third-order valence-electron chi connectivity index (χ3n) is 3.99. The SMILES string of the molecule is CCCO[C@H]1C[C@@H](C(=O)NCCn2cc(Cl)cn2)CC[C@@H]1N.Cl. The summed E-state index contributed by atoms with van der Waals surface area (Å²) in [6.45, 7) is 3.92. The number of hydrogen-bond acceptors (Lipinski definition) is 4. The van der Waals surface area contributed by atoms with Gasteiger partial charge in [0.25, 0.3) is 0 Å². The van der Waals surface area contributed by atoms with Crippen LogP contribution < -0.4 is 11.1 Å². The highest BCUT2D eigenvalue weighted by molar-refractivity contribution is 6.30. The molecule has 1 aromatic heterocycles. The molecule has 1 aromatic rings. The van der Waals surface area contributed by atoms with Crippen LogP contribution in [-0.2, 0) is 16.1 Å². The number of rotatable bonds is 7. The van der Waals surface area contributed by atoms with Crippen molar-refractivity contribution in [3.8, 4) is 0 Å². The fourth-order valence-corrected chi connectivity index (χ4v) is 2.91. The van der Waals surface area contributed by atoms with Gasteiger partial charge in [-0.25, -0.2) is 0 Å². The minimum absolute atomic E-state index is 0. The van der Waals surface area contributed by atoms with Crippen molar-refractivity contribution in [2.24, 2.45) is 11.7 Å². The van der Waals surface area contributed by atoms with E-state index in [1.54, 1.807) is 17.1 Å². The number of nitrogens with zero attached hydrogens (tertiary/aromatic N) is 2. The van der Waals surface area contributed by atoms with Gasteiger partial charge in [0.15, 0.2) is 0 Å². The van der Waals surface area contributed by atoms with Crippen molar-refractivity contribution in [2.75, 3.05) is 13.2 Å². The van der Waals surface area contributed by atoms with Crippen molar-refractivity contribution in [1.29, 1.82) is 0 Å². The minimum atomic E-state index is -0.0112. The molecule has 0 spiro atoms. The van der Waals surface area contributed by atoms with E-state index >= 15 is 0 Å². The van der Waals surface area contributed by atoms with Gasteiger partial charge in [0.2, 0.25) is 5.91 Å². The molecule has 3 N–H and O–H groups in total. The van der Waals surface area contributed by atoms with Crippen LogP contribution in [-0.4, -0.2) is 41.0 Å². The molecule has 0 bridgehead atoms. The van der Waals surface area contributed by atoms with Crippen LogP contribution in [0, 0.1) is 5.92 Å². The molecule has 0 aliphatic heterocycles. The first-order valence-electron chi connectivity index (χ1n) is 7.93. The molecule has 8 heteroatoms. The normalized spacial score (nSPS) is 24.0. The highest BCUT2D eigenvalue weighted by atomic mass is 35.5. The fraction of sp³-hybridized carbons (Fsp3) is 0.733. The predicted octanol–water partition coefficient (Wildman–Crippen LogP) is 2.00. The van der Waals surface area contributed by atoms with Crippen LogP contribution in [0.15, 0.2) is 12.4 Å². The van der Waals surface area contributed by atoms with E-state index in [2.05, 4.69) is 17.3 Å². The second kappa shape index (κ2) is 10.1. The summed E-state index contributed by atoms with van der Waals surface area (Å²) in [5, 5.41) is 7.64. The summed E-state index contributed by atoms with van der Waals surface area (Å²) in [6, 6.07) is 0.0433. The summed E-state index contributed by atoms with van der Waals surface area (Å²) in [4.78, 5) is 12.3. The zero-order valence-corrected chi connectivity index (χ0v) is 15.0. The van der Waals surface area contributed by atoms with Gasteiger partial charge in [-0.1, -0.05) is 18.5 Å². The van der Waals surface area contributed by atoms with E-state index in [0.717, 1.165) is 19.3 Å². The predicted molar refractivity (Wildman–Crippen MR) is 92.8 cm³/mol. The highest BCUT2D eigenvalue weighted by Crippen LogP contribution is 2.26. The van der Waals surface area contributed by atoms with E-state index < -0.39 is 0 Å². The van der Waals surface area contributed by atoms with E-state index in [0.29, 0.717) is 31.1 Å². The molecule has 1 saturated carbocycles. The molecule has 132 valence electrons. The Kier molecular flexibility index (Phi) is 8.91. The second-order valence-electron chi connectivity index (χ2n) is 5.80. The average Bonchev–Trinajstić information content (AvgIpc) is 2.92. The Morgan fingerprint density at radius 1 is 1.57 bits per heavy atom. The standard InChI is InChI=1S/C15H25ClN4O2.ClH/c1-2-7-22-14-8-11(3-4-13(14)17)15(21)18-5-6-20-10-12(16)9-19-20;/h9-11,13-14H,2-8,17H2,1H3,(H,18,21);1H/t11-,13-,14-;/m0./s1. The summed E-state index contributed by atoms with van der Waals surface area (Å²) in [6.07, 6.45) is 6.65. The first-order chi connectivity index (χ1) is 10.6. The van der Waals surface area contributed by atoms with Crippen LogP contribution in [0.3, 0.4) is 0 Å². The first kappa shape index (κ1) is 20.2. The van der Waals surface area contributed by atoms with E-state index in [1.165, 1.54) is 0 Å². The zero-order valence-electron chi connectivity index (χ0n) is 13.4. The molecule has 1 aliphatic rings. The van der Waals surface area contributed by atoms with E-state index in [1.807, 2.05) is 0 Å². The van der Waals surface area contributed by atoms with E-state index in [4.69, 9.17) is 22.1 Å². The smallest absolute Gasteiger partial charge is 0.223 e. The number of carbonyl (C=O) groups excluding carboxylic acids is 1. The largest absolute Gasteiger partial charge is 0.377 e. The number of ether oxygens (including phenoxy) is 1. The van der Waals surface area contributed by atoms with Crippen molar-refractivity contribution < 1.29 is 9.53 Å². The van der Waals surface area contributed by atoms with Gasteiger partial charge in [0.1, 0.15) is 0 Å². The van der Waals surface area contributed by atoms with Crippen molar-refractivity contribution >= 4 is 29.9 Å². The Labute approximate surface area is 148 Å². The van der Waals surface area contributed by atoms with Gasteiger partial charge in [-0.15, -0.1) is 12.4 Å². The summed E-state index contributed by atoms with van der Waals surface area (Å²) < 4.78 is 7.48. The van der Waals surface area contributed by atoms with Crippen LogP contribution >= 0.6 is 24.0 Å². The average molecular weight is 365 g/mol. The van der Waals surface area contributed by atoms with Gasteiger partial charge in [0.05, 0.1) is 23.9 Å². The molecule has 0 unspecified atom stereocenters. The third-order valence-corrected chi connectivity index (χ3v) is 4.19. The molecule has 1 amide bonds. The lowest BCUT2D eigenvalue weighted by molar-refractivity contribution is -0.128. The van der Waals surface area contributed by atoms with Gasteiger partial charge in [0, 0.05) is 31.3 Å². The number of hydrogen-bond donors (Lipinski definition) is 2. The van der Waals surface area contributed by atoms with Crippen LogP contribution in [0.1, 0.15) is 32.6 Å². The maximum Gasteiger partial charge on any atom is 0.223 e. The lowest BCUT2D eigenvalue weighted by Gasteiger charge is -2.33. The van der Waals surface area contributed by atoms with Crippen LogP contribution in [0.25, 0.3) is 0 Å². The van der Waals surface area contributed by atoms with Gasteiger partial charge in [-0.3, -0.25) is 9.48 Å². The van der Waals surface area contributed by atoms with E-state index in [9.17, 15) is 4.79 Å². The van der Waals surface area contributed by atoms with Crippen LogP contribution in [0.2, 0.25) is 5.02 Å². The molecule has 0 saturated heterocycles. The number of aromatic nitrogens is 2. The Bertz CT molecular complexity index is 484. The van der Waals surface area contributed by atoms with Crippen LogP contribution in [0.4, 0.5) is 0 Å². The Balaban J connectivity index is 0.00000264. The van der Waals surface area contributed by atoms with Crippen LogP contribution in [0.5, 0.6) is 0 Å². The minimum Gasteiger partial charge on any atom is -0.377 e. The molecule has 1 heterocycles. The summed E-state index contributed by atoms with van der Waals surface area (Å²) in [5.74, 6) is 0.0677. The Morgan fingerprint density at radius 2 is 2.35 bits per heavy atom.